The van der Waals surface area contributed by atoms with Crippen molar-refractivity contribution in [1.29, 1.82) is 0 Å². The minimum absolute atomic E-state index is 0.00106. The van der Waals surface area contributed by atoms with Crippen molar-refractivity contribution in [2.45, 2.75) is 19.4 Å². The summed E-state index contributed by atoms with van der Waals surface area (Å²) in [6, 6.07) is 8.25. The van der Waals surface area contributed by atoms with Gasteiger partial charge in [0, 0.05) is 7.11 Å². The molecular formula is C11H17NO. The second-order valence-electron chi connectivity index (χ2n) is 3.11. The number of hydrogen-bond donors (Lipinski definition) is 1. The van der Waals surface area contributed by atoms with E-state index in [4.69, 9.17) is 10.5 Å². The Hall–Kier alpha value is -0.860. The maximum atomic E-state index is 5.96. The van der Waals surface area contributed by atoms with E-state index in [0.717, 1.165) is 6.42 Å². The van der Waals surface area contributed by atoms with Crippen molar-refractivity contribution in [3.05, 3.63) is 35.4 Å². The fourth-order valence-corrected chi connectivity index (χ4v) is 1.49. The van der Waals surface area contributed by atoms with Gasteiger partial charge in [0.05, 0.1) is 12.6 Å². The average molecular weight is 179 g/mol. The molecule has 1 aromatic carbocycles. The van der Waals surface area contributed by atoms with Crippen LogP contribution < -0.4 is 5.73 Å². The first-order valence-electron chi connectivity index (χ1n) is 4.62. The quantitative estimate of drug-likeness (QED) is 0.766. The van der Waals surface area contributed by atoms with Gasteiger partial charge >= 0.3 is 0 Å². The molecule has 13 heavy (non-hydrogen) atoms. The van der Waals surface area contributed by atoms with Crippen LogP contribution in [-0.4, -0.2) is 13.7 Å². The zero-order chi connectivity index (χ0) is 9.68. The highest BCUT2D eigenvalue weighted by molar-refractivity contribution is 5.29. The van der Waals surface area contributed by atoms with Crippen molar-refractivity contribution in [1.82, 2.24) is 0 Å². The maximum Gasteiger partial charge on any atom is 0.0655 e. The van der Waals surface area contributed by atoms with E-state index < -0.39 is 0 Å². The summed E-state index contributed by atoms with van der Waals surface area (Å²) in [6.07, 6.45) is 1.02. The average Bonchev–Trinajstić information content (AvgIpc) is 2.18. The molecule has 0 radical (unpaired) electrons. The molecule has 2 nitrogen and oxygen atoms in total. The first kappa shape index (κ1) is 10.2. The topological polar surface area (TPSA) is 35.2 Å². The number of aryl methyl sites for hydroxylation is 1. The standard InChI is InChI=1S/C11H17NO/c1-3-9-6-4-5-7-10(9)11(12)8-13-2/h4-7,11H,3,8,12H2,1-2H3. The van der Waals surface area contributed by atoms with Crippen LogP contribution in [0.5, 0.6) is 0 Å². The van der Waals surface area contributed by atoms with Crippen LogP contribution >= 0.6 is 0 Å². The molecule has 0 aliphatic carbocycles. The molecule has 2 N–H and O–H groups in total. The second kappa shape index (κ2) is 5.00. The third-order valence-corrected chi connectivity index (χ3v) is 2.18. The molecule has 0 heterocycles. The fraction of sp³-hybridized carbons (Fsp3) is 0.455. The Morgan fingerprint density at radius 2 is 2.08 bits per heavy atom. The van der Waals surface area contributed by atoms with Crippen molar-refractivity contribution in [2.75, 3.05) is 13.7 Å². The van der Waals surface area contributed by atoms with Crippen LogP contribution in [0.25, 0.3) is 0 Å². The van der Waals surface area contributed by atoms with Gasteiger partial charge in [-0.05, 0) is 17.5 Å². The summed E-state index contributed by atoms with van der Waals surface area (Å²) in [5.74, 6) is 0. The lowest BCUT2D eigenvalue weighted by Crippen LogP contribution is -2.17. The molecular weight excluding hydrogens is 162 g/mol. The molecule has 0 aliphatic heterocycles. The molecule has 0 amide bonds. The van der Waals surface area contributed by atoms with Crippen LogP contribution in [0, 0.1) is 0 Å². The molecule has 0 saturated carbocycles. The van der Waals surface area contributed by atoms with Gasteiger partial charge in [0.25, 0.3) is 0 Å². The molecule has 72 valence electrons. The van der Waals surface area contributed by atoms with Gasteiger partial charge in [-0.1, -0.05) is 31.2 Å². The highest BCUT2D eigenvalue weighted by atomic mass is 16.5. The van der Waals surface area contributed by atoms with E-state index in [1.807, 2.05) is 12.1 Å². The molecule has 1 atom stereocenters. The molecule has 2 heteroatoms. The summed E-state index contributed by atoms with van der Waals surface area (Å²) in [6.45, 7) is 2.72. The molecule has 0 aliphatic rings. The summed E-state index contributed by atoms with van der Waals surface area (Å²) < 4.78 is 5.03. The molecule has 0 fully saturated rings. The lowest BCUT2D eigenvalue weighted by Gasteiger charge is -2.14. The van der Waals surface area contributed by atoms with Gasteiger partial charge in [0.15, 0.2) is 0 Å². The maximum absolute atomic E-state index is 5.96. The molecule has 0 bridgehead atoms. The number of benzene rings is 1. The zero-order valence-electron chi connectivity index (χ0n) is 8.29. The van der Waals surface area contributed by atoms with E-state index in [1.54, 1.807) is 7.11 Å². The van der Waals surface area contributed by atoms with E-state index in [1.165, 1.54) is 11.1 Å². The van der Waals surface area contributed by atoms with E-state index in [0.29, 0.717) is 6.61 Å². The van der Waals surface area contributed by atoms with Gasteiger partial charge in [0.2, 0.25) is 0 Å². The number of nitrogens with two attached hydrogens (primary N) is 1. The predicted molar refractivity (Wildman–Crippen MR) is 54.6 cm³/mol. The molecule has 0 spiro atoms. The lowest BCUT2D eigenvalue weighted by atomic mass is 10.00. The highest BCUT2D eigenvalue weighted by Crippen LogP contribution is 2.16. The van der Waals surface area contributed by atoms with E-state index in [2.05, 4.69) is 19.1 Å². The van der Waals surface area contributed by atoms with Gasteiger partial charge < -0.3 is 10.5 Å². The van der Waals surface area contributed by atoms with Crippen LogP contribution in [0.1, 0.15) is 24.1 Å². The van der Waals surface area contributed by atoms with Crippen LogP contribution in [0.2, 0.25) is 0 Å². The molecule has 1 unspecified atom stereocenters. The van der Waals surface area contributed by atoms with Crippen molar-refractivity contribution >= 4 is 0 Å². The minimum atomic E-state index is 0.00106. The van der Waals surface area contributed by atoms with Crippen LogP contribution in [0.3, 0.4) is 0 Å². The zero-order valence-corrected chi connectivity index (χ0v) is 8.29. The molecule has 1 rings (SSSR count). The third-order valence-electron chi connectivity index (χ3n) is 2.18. The van der Waals surface area contributed by atoms with Crippen LogP contribution in [-0.2, 0) is 11.2 Å². The molecule has 0 aromatic heterocycles. The van der Waals surface area contributed by atoms with Crippen LogP contribution in [0.4, 0.5) is 0 Å². The summed E-state index contributed by atoms with van der Waals surface area (Å²) in [5.41, 5.74) is 8.47. The van der Waals surface area contributed by atoms with Crippen LogP contribution in [0.15, 0.2) is 24.3 Å². The monoisotopic (exact) mass is 179 g/mol. The van der Waals surface area contributed by atoms with Gasteiger partial charge in [-0.3, -0.25) is 0 Å². The van der Waals surface area contributed by atoms with E-state index in [-0.39, 0.29) is 6.04 Å². The SMILES string of the molecule is CCc1ccccc1C(N)COC. The lowest BCUT2D eigenvalue weighted by molar-refractivity contribution is 0.180. The largest absolute Gasteiger partial charge is 0.383 e. The van der Waals surface area contributed by atoms with Gasteiger partial charge in [-0.25, -0.2) is 0 Å². The third kappa shape index (κ3) is 2.54. The summed E-state index contributed by atoms with van der Waals surface area (Å²) in [5, 5.41) is 0. The van der Waals surface area contributed by atoms with Crippen molar-refractivity contribution in [3.8, 4) is 0 Å². The van der Waals surface area contributed by atoms with Crippen molar-refractivity contribution < 1.29 is 4.74 Å². The smallest absolute Gasteiger partial charge is 0.0655 e. The number of methoxy groups -OCH3 is 1. The van der Waals surface area contributed by atoms with Crippen molar-refractivity contribution in [3.63, 3.8) is 0 Å². The second-order valence-corrected chi connectivity index (χ2v) is 3.11. The first-order chi connectivity index (χ1) is 6.29. The van der Waals surface area contributed by atoms with Crippen molar-refractivity contribution in [2.24, 2.45) is 5.73 Å². The minimum Gasteiger partial charge on any atom is -0.383 e. The van der Waals surface area contributed by atoms with Gasteiger partial charge in [-0.2, -0.15) is 0 Å². The predicted octanol–water partition coefficient (Wildman–Crippen LogP) is 1.90. The molecule has 1 aromatic rings. The fourth-order valence-electron chi connectivity index (χ4n) is 1.49. The summed E-state index contributed by atoms with van der Waals surface area (Å²) >= 11 is 0. The molecule has 0 saturated heterocycles. The Morgan fingerprint density at radius 1 is 1.38 bits per heavy atom. The Balaban J connectivity index is 2.85. The Kier molecular flexibility index (Phi) is 3.93. The Labute approximate surface area is 79.7 Å². The first-order valence-corrected chi connectivity index (χ1v) is 4.62. The van der Waals surface area contributed by atoms with E-state index in [9.17, 15) is 0 Å². The highest BCUT2D eigenvalue weighted by Gasteiger charge is 2.08. The summed E-state index contributed by atoms with van der Waals surface area (Å²) in [4.78, 5) is 0. The Bertz CT molecular complexity index is 260. The van der Waals surface area contributed by atoms with E-state index >= 15 is 0 Å². The Morgan fingerprint density at radius 3 is 2.69 bits per heavy atom. The number of ether oxygens (including phenoxy) is 1. The number of hydrogen-bond acceptors (Lipinski definition) is 2. The normalized spacial score (nSPS) is 12.8. The summed E-state index contributed by atoms with van der Waals surface area (Å²) in [7, 11) is 1.68. The van der Waals surface area contributed by atoms with Gasteiger partial charge in [0.1, 0.15) is 0 Å². The number of rotatable bonds is 4. The van der Waals surface area contributed by atoms with Gasteiger partial charge in [-0.15, -0.1) is 0 Å².